The summed E-state index contributed by atoms with van der Waals surface area (Å²) in [5, 5.41) is 9.61. The normalized spacial score (nSPS) is 11.5. The lowest BCUT2D eigenvalue weighted by Crippen LogP contribution is -2.07. The number of aliphatic hydroxyl groups excluding tert-OH is 1. The molecule has 1 atom stereocenters. The van der Waals surface area contributed by atoms with Crippen LogP contribution in [-0.4, -0.2) is 18.2 Å². The first-order valence-corrected chi connectivity index (χ1v) is 4.39. The van der Waals surface area contributed by atoms with Crippen LogP contribution in [0.15, 0.2) is 24.3 Å². The standard InChI is InChI=1S/C11H11NO3/c1-12-9-5-3-8(4-6-9)10(13)7-11(14)15-2/h3-6,10,13H,7H2,2H3. The Morgan fingerprint density at radius 1 is 1.53 bits per heavy atom. The fourth-order valence-corrected chi connectivity index (χ4v) is 1.13. The van der Waals surface area contributed by atoms with Crippen LogP contribution in [0.1, 0.15) is 18.1 Å². The highest BCUT2D eigenvalue weighted by atomic mass is 16.5. The van der Waals surface area contributed by atoms with Crippen molar-refractivity contribution in [3.63, 3.8) is 0 Å². The molecular weight excluding hydrogens is 194 g/mol. The molecule has 1 aromatic rings. The van der Waals surface area contributed by atoms with Crippen molar-refractivity contribution in [2.45, 2.75) is 12.5 Å². The van der Waals surface area contributed by atoms with Gasteiger partial charge in [-0.3, -0.25) is 4.79 Å². The largest absolute Gasteiger partial charge is 0.469 e. The molecule has 15 heavy (non-hydrogen) atoms. The minimum absolute atomic E-state index is 0.0755. The Hall–Kier alpha value is -1.86. The molecule has 0 fully saturated rings. The number of rotatable bonds is 3. The molecule has 0 saturated carbocycles. The van der Waals surface area contributed by atoms with Crippen molar-refractivity contribution in [2.24, 2.45) is 0 Å². The summed E-state index contributed by atoms with van der Waals surface area (Å²) in [6.45, 7) is 6.75. The number of aliphatic hydroxyl groups is 1. The van der Waals surface area contributed by atoms with Gasteiger partial charge >= 0.3 is 5.97 Å². The highest BCUT2D eigenvalue weighted by Gasteiger charge is 2.12. The molecule has 0 aliphatic rings. The number of ether oxygens (including phenoxy) is 1. The molecule has 4 heteroatoms. The summed E-state index contributed by atoms with van der Waals surface area (Å²) >= 11 is 0. The minimum atomic E-state index is -0.878. The number of nitrogens with zero attached hydrogens (tertiary/aromatic N) is 1. The van der Waals surface area contributed by atoms with Gasteiger partial charge in [0.25, 0.3) is 0 Å². The van der Waals surface area contributed by atoms with Gasteiger partial charge in [0.05, 0.1) is 26.2 Å². The Morgan fingerprint density at radius 2 is 2.13 bits per heavy atom. The van der Waals surface area contributed by atoms with E-state index in [-0.39, 0.29) is 6.42 Å². The van der Waals surface area contributed by atoms with Crippen molar-refractivity contribution in [3.8, 4) is 0 Å². The Balaban J connectivity index is 2.70. The first-order chi connectivity index (χ1) is 7.17. The first kappa shape index (κ1) is 11.2. The van der Waals surface area contributed by atoms with E-state index < -0.39 is 12.1 Å². The highest BCUT2D eigenvalue weighted by molar-refractivity contribution is 5.70. The van der Waals surface area contributed by atoms with E-state index >= 15 is 0 Å². The van der Waals surface area contributed by atoms with Gasteiger partial charge < -0.3 is 9.84 Å². The molecular formula is C11H11NO3. The summed E-state index contributed by atoms with van der Waals surface area (Å²) in [7, 11) is 1.27. The summed E-state index contributed by atoms with van der Waals surface area (Å²) in [4.78, 5) is 14.1. The Morgan fingerprint density at radius 3 is 2.60 bits per heavy atom. The van der Waals surface area contributed by atoms with Crippen LogP contribution >= 0.6 is 0 Å². The zero-order chi connectivity index (χ0) is 11.3. The number of carbonyl (C=O) groups excluding carboxylic acids is 1. The van der Waals surface area contributed by atoms with Crippen LogP contribution in [0.2, 0.25) is 0 Å². The monoisotopic (exact) mass is 205 g/mol. The lowest BCUT2D eigenvalue weighted by Gasteiger charge is -2.09. The van der Waals surface area contributed by atoms with E-state index in [1.54, 1.807) is 24.3 Å². The second-order valence-corrected chi connectivity index (χ2v) is 3.00. The molecule has 0 aliphatic carbocycles. The minimum Gasteiger partial charge on any atom is -0.469 e. The molecule has 0 bridgehead atoms. The number of benzene rings is 1. The molecule has 1 rings (SSSR count). The summed E-state index contributed by atoms with van der Waals surface area (Å²) in [6, 6.07) is 6.45. The summed E-state index contributed by atoms with van der Waals surface area (Å²) in [6.07, 6.45) is -0.953. The van der Waals surface area contributed by atoms with Crippen LogP contribution in [0.25, 0.3) is 4.85 Å². The summed E-state index contributed by atoms with van der Waals surface area (Å²) in [5.41, 5.74) is 1.11. The van der Waals surface area contributed by atoms with Gasteiger partial charge in [-0.25, -0.2) is 4.85 Å². The number of esters is 1. The van der Waals surface area contributed by atoms with Gasteiger partial charge in [-0.15, -0.1) is 0 Å². The van der Waals surface area contributed by atoms with Crippen molar-refractivity contribution in [2.75, 3.05) is 7.11 Å². The molecule has 0 saturated heterocycles. The maximum Gasteiger partial charge on any atom is 0.308 e. The topological polar surface area (TPSA) is 50.9 Å². The quantitative estimate of drug-likeness (QED) is 0.605. The van der Waals surface area contributed by atoms with Crippen molar-refractivity contribution < 1.29 is 14.6 Å². The number of hydrogen-bond donors (Lipinski definition) is 1. The van der Waals surface area contributed by atoms with Gasteiger partial charge in [0.1, 0.15) is 0 Å². The third-order valence-corrected chi connectivity index (χ3v) is 1.99. The van der Waals surface area contributed by atoms with Crippen molar-refractivity contribution in [1.82, 2.24) is 0 Å². The van der Waals surface area contributed by atoms with Crippen molar-refractivity contribution in [3.05, 3.63) is 41.2 Å². The third-order valence-electron chi connectivity index (χ3n) is 1.99. The maximum absolute atomic E-state index is 10.9. The van der Waals surface area contributed by atoms with Gasteiger partial charge in [0.2, 0.25) is 0 Å². The average Bonchev–Trinajstić information content (AvgIpc) is 2.29. The molecule has 0 spiro atoms. The van der Waals surface area contributed by atoms with Gasteiger partial charge in [0, 0.05) is 0 Å². The number of methoxy groups -OCH3 is 1. The number of carbonyl (C=O) groups is 1. The molecule has 4 nitrogen and oxygen atoms in total. The van der Waals surface area contributed by atoms with E-state index in [2.05, 4.69) is 9.58 Å². The van der Waals surface area contributed by atoms with Crippen LogP contribution < -0.4 is 0 Å². The van der Waals surface area contributed by atoms with Crippen LogP contribution in [-0.2, 0) is 9.53 Å². The van der Waals surface area contributed by atoms with Crippen LogP contribution in [0.4, 0.5) is 5.69 Å². The smallest absolute Gasteiger partial charge is 0.308 e. The molecule has 0 aromatic heterocycles. The molecule has 1 aromatic carbocycles. The van der Waals surface area contributed by atoms with E-state index in [0.29, 0.717) is 11.3 Å². The van der Waals surface area contributed by atoms with E-state index in [0.717, 1.165) is 0 Å². The van der Waals surface area contributed by atoms with E-state index in [9.17, 15) is 9.90 Å². The second-order valence-electron chi connectivity index (χ2n) is 3.00. The third kappa shape index (κ3) is 3.08. The SMILES string of the molecule is [C-]#[N+]c1ccc(C(O)CC(=O)OC)cc1. The van der Waals surface area contributed by atoms with Crippen LogP contribution in [0.5, 0.6) is 0 Å². The van der Waals surface area contributed by atoms with E-state index in [4.69, 9.17) is 6.57 Å². The maximum atomic E-state index is 10.9. The van der Waals surface area contributed by atoms with E-state index in [1.165, 1.54) is 7.11 Å². The molecule has 0 amide bonds. The van der Waals surface area contributed by atoms with Gasteiger partial charge in [-0.2, -0.15) is 0 Å². The van der Waals surface area contributed by atoms with Gasteiger partial charge in [-0.05, 0) is 5.56 Å². The fraction of sp³-hybridized carbons (Fsp3) is 0.273. The average molecular weight is 205 g/mol. The summed E-state index contributed by atoms with van der Waals surface area (Å²) in [5.74, 6) is -0.461. The molecule has 0 radical (unpaired) electrons. The number of hydrogen-bond acceptors (Lipinski definition) is 3. The lowest BCUT2D eigenvalue weighted by atomic mass is 10.1. The predicted molar refractivity (Wildman–Crippen MR) is 54.3 cm³/mol. The van der Waals surface area contributed by atoms with Gasteiger partial charge in [-0.1, -0.05) is 24.3 Å². The molecule has 78 valence electrons. The van der Waals surface area contributed by atoms with Gasteiger partial charge in [0.15, 0.2) is 5.69 Å². The second kappa shape index (κ2) is 5.13. The highest BCUT2D eigenvalue weighted by Crippen LogP contribution is 2.20. The predicted octanol–water partition coefficient (Wildman–Crippen LogP) is 1.83. The Bertz CT molecular complexity index is 378. The Labute approximate surface area is 87.9 Å². The fourth-order valence-electron chi connectivity index (χ4n) is 1.13. The van der Waals surface area contributed by atoms with Crippen molar-refractivity contribution in [1.29, 1.82) is 0 Å². The van der Waals surface area contributed by atoms with Crippen LogP contribution in [0.3, 0.4) is 0 Å². The van der Waals surface area contributed by atoms with Crippen LogP contribution in [0, 0.1) is 6.57 Å². The molecule has 1 unspecified atom stereocenters. The lowest BCUT2D eigenvalue weighted by molar-refractivity contribution is -0.142. The molecule has 0 aliphatic heterocycles. The zero-order valence-corrected chi connectivity index (χ0v) is 8.30. The molecule has 1 N–H and O–H groups in total. The van der Waals surface area contributed by atoms with E-state index in [1.807, 2.05) is 0 Å². The Kier molecular flexibility index (Phi) is 3.83. The molecule has 0 heterocycles. The zero-order valence-electron chi connectivity index (χ0n) is 8.30. The summed E-state index contributed by atoms with van der Waals surface area (Å²) < 4.78 is 4.44. The first-order valence-electron chi connectivity index (χ1n) is 4.39. The van der Waals surface area contributed by atoms with Crippen molar-refractivity contribution >= 4 is 11.7 Å².